The number of carbonyl (C=O) groups is 1. The van der Waals surface area contributed by atoms with Crippen LogP contribution in [0.2, 0.25) is 0 Å². The molecule has 2 atom stereocenters. The summed E-state index contributed by atoms with van der Waals surface area (Å²) in [6.07, 6.45) is 3.14. The van der Waals surface area contributed by atoms with Crippen LogP contribution in [0, 0.1) is 0 Å². The zero-order valence-electron chi connectivity index (χ0n) is 10.9. The van der Waals surface area contributed by atoms with Crippen molar-refractivity contribution in [1.82, 2.24) is 9.88 Å². The Kier molecular flexibility index (Phi) is 3.81. The molecule has 0 radical (unpaired) electrons. The fraction of sp³-hybridized carbons (Fsp3) is 0.538. The van der Waals surface area contributed by atoms with Crippen LogP contribution in [0.5, 0.6) is 0 Å². The average molecular weight is 248 g/mol. The number of aromatic nitrogens is 1. The molecule has 1 aliphatic rings. The molecule has 0 aliphatic carbocycles. The summed E-state index contributed by atoms with van der Waals surface area (Å²) < 4.78 is 0. The Morgan fingerprint density at radius 3 is 3.00 bits per heavy atom. The van der Waals surface area contributed by atoms with Crippen molar-refractivity contribution in [2.45, 2.75) is 45.2 Å². The molecule has 1 aliphatic heterocycles. The van der Waals surface area contributed by atoms with Crippen molar-refractivity contribution in [2.75, 3.05) is 5.43 Å². The molecule has 2 unspecified atom stereocenters. The molecule has 0 saturated carbocycles. The number of amides is 1. The van der Waals surface area contributed by atoms with Crippen molar-refractivity contribution < 1.29 is 4.79 Å². The fourth-order valence-electron chi connectivity index (χ4n) is 2.60. The highest BCUT2D eigenvalue weighted by Crippen LogP contribution is 2.27. The number of nitrogen functional groups attached to an aromatic ring is 1. The van der Waals surface area contributed by atoms with Crippen LogP contribution in [0.3, 0.4) is 0 Å². The van der Waals surface area contributed by atoms with Gasteiger partial charge in [-0.1, -0.05) is 13.0 Å². The first-order valence-electron chi connectivity index (χ1n) is 6.43. The molecule has 3 N–H and O–H groups in total. The number of hydrogen-bond donors (Lipinski definition) is 2. The first kappa shape index (κ1) is 12.8. The van der Waals surface area contributed by atoms with E-state index in [1.165, 1.54) is 0 Å². The van der Waals surface area contributed by atoms with Gasteiger partial charge in [-0.05, 0) is 38.3 Å². The van der Waals surface area contributed by atoms with E-state index in [0.717, 1.165) is 19.3 Å². The van der Waals surface area contributed by atoms with Gasteiger partial charge < -0.3 is 10.3 Å². The van der Waals surface area contributed by atoms with E-state index in [-0.39, 0.29) is 5.91 Å². The molecule has 1 amide bonds. The highest BCUT2D eigenvalue weighted by atomic mass is 16.2. The summed E-state index contributed by atoms with van der Waals surface area (Å²) in [6, 6.07) is 5.89. The third-order valence-electron chi connectivity index (χ3n) is 3.61. The van der Waals surface area contributed by atoms with E-state index in [0.29, 0.717) is 23.6 Å². The maximum Gasteiger partial charge on any atom is 0.273 e. The predicted octanol–water partition coefficient (Wildman–Crippen LogP) is 1.77. The third-order valence-corrected chi connectivity index (χ3v) is 3.61. The molecule has 0 spiro atoms. The number of carbonyl (C=O) groups excluding carboxylic acids is 1. The predicted molar refractivity (Wildman–Crippen MR) is 71.0 cm³/mol. The van der Waals surface area contributed by atoms with Gasteiger partial charge in [0, 0.05) is 12.1 Å². The standard InChI is InChI=1S/C13H20N4O/c1-3-10-8-7-9(2)17(10)13(18)11-5-4-6-12(15-11)16-14/h4-6,9-10H,3,7-8,14H2,1-2H3,(H,15,16). The average Bonchev–Trinajstić information content (AvgIpc) is 2.79. The van der Waals surface area contributed by atoms with E-state index in [1.54, 1.807) is 18.2 Å². The lowest BCUT2D eigenvalue weighted by atomic mass is 10.1. The molecule has 5 nitrogen and oxygen atoms in total. The Morgan fingerprint density at radius 2 is 2.33 bits per heavy atom. The van der Waals surface area contributed by atoms with Gasteiger partial charge in [-0.15, -0.1) is 0 Å². The molecule has 18 heavy (non-hydrogen) atoms. The Bertz CT molecular complexity index is 435. The first-order chi connectivity index (χ1) is 8.67. The van der Waals surface area contributed by atoms with E-state index in [9.17, 15) is 4.79 Å². The monoisotopic (exact) mass is 248 g/mol. The second kappa shape index (κ2) is 5.35. The van der Waals surface area contributed by atoms with Gasteiger partial charge in [-0.2, -0.15) is 0 Å². The highest BCUT2D eigenvalue weighted by molar-refractivity contribution is 5.93. The van der Waals surface area contributed by atoms with E-state index in [2.05, 4.69) is 24.3 Å². The smallest absolute Gasteiger partial charge is 0.273 e. The zero-order valence-corrected chi connectivity index (χ0v) is 10.9. The van der Waals surface area contributed by atoms with Gasteiger partial charge >= 0.3 is 0 Å². The van der Waals surface area contributed by atoms with E-state index < -0.39 is 0 Å². The van der Waals surface area contributed by atoms with E-state index in [4.69, 9.17) is 5.84 Å². The second-order valence-corrected chi connectivity index (χ2v) is 4.75. The van der Waals surface area contributed by atoms with E-state index in [1.807, 2.05) is 4.90 Å². The molecule has 1 aromatic heterocycles. The van der Waals surface area contributed by atoms with Crippen LogP contribution < -0.4 is 11.3 Å². The summed E-state index contributed by atoms with van der Waals surface area (Å²) in [4.78, 5) is 18.7. The molecular weight excluding hydrogens is 228 g/mol. The van der Waals surface area contributed by atoms with Gasteiger partial charge in [0.1, 0.15) is 11.5 Å². The summed E-state index contributed by atoms with van der Waals surface area (Å²) in [6.45, 7) is 4.22. The lowest BCUT2D eigenvalue weighted by Crippen LogP contribution is -2.40. The minimum atomic E-state index is 0.00366. The normalized spacial score (nSPS) is 23.2. The molecule has 2 rings (SSSR count). The number of nitrogens with two attached hydrogens (primary N) is 1. The highest BCUT2D eigenvalue weighted by Gasteiger charge is 2.34. The number of pyridine rings is 1. The Labute approximate surface area is 107 Å². The SMILES string of the molecule is CCC1CCC(C)N1C(=O)c1cccc(NN)n1. The van der Waals surface area contributed by atoms with Crippen LogP contribution in [0.1, 0.15) is 43.6 Å². The molecule has 0 aromatic carbocycles. The second-order valence-electron chi connectivity index (χ2n) is 4.75. The number of rotatable bonds is 3. The number of anilines is 1. The van der Waals surface area contributed by atoms with Crippen LogP contribution >= 0.6 is 0 Å². The molecule has 0 bridgehead atoms. The largest absolute Gasteiger partial charge is 0.332 e. The molecule has 5 heteroatoms. The van der Waals surface area contributed by atoms with Crippen LogP contribution in [0.15, 0.2) is 18.2 Å². The molecule has 1 aromatic rings. The maximum absolute atomic E-state index is 12.5. The third kappa shape index (κ3) is 2.31. The van der Waals surface area contributed by atoms with E-state index >= 15 is 0 Å². The summed E-state index contributed by atoms with van der Waals surface area (Å²) in [5, 5.41) is 0. The number of hydrogen-bond acceptors (Lipinski definition) is 4. The van der Waals surface area contributed by atoms with Crippen LogP contribution in [0.4, 0.5) is 5.82 Å². The number of nitrogens with one attached hydrogen (secondary N) is 1. The summed E-state index contributed by atoms with van der Waals surface area (Å²) in [7, 11) is 0. The quantitative estimate of drug-likeness (QED) is 0.631. The number of nitrogens with zero attached hydrogens (tertiary/aromatic N) is 2. The van der Waals surface area contributed by atoms with Gasteiger partial charge in [-0.25, -0.2) is 10.8 Å². The Balaban J connectivity index is 2.24. The fourth-order valence-corrected chi connectivity index (χ4v) is 2.60. The van der Waals surface area contributed by atoms with Gasteiger partial charge in [-0.3, -0.25) is 4.79 Å². The van der Waals surface area contributed by atoms with Gasteiger partial charge in [0.2, 0.25) is 0 Å². The van der Waals surface area contributed by atoms with Gasteiger partial charge in [0.25, 0.3) is 5.91 Å². The Morgan fingerprint density at radius 1 is 1.56 bits per heavy atom. The molecule has 2 heterocycles. The summed E-state index contributed by atoms with van der Waals surface area (Å²) in [5.41, 5.74) is 2.92. The molecule has 1 saturated heterocycles. The molecular formula is C13H20N4O. The van der Waals surface area contributed by atoms with Crippen LogP contribution in [0.25, 0.3) is 0 Å². The van der Waals surface area contributed by atoms with Crippen molar-refractivity contribution in [3.63, 3.8) is 0 Å². The van der Waals surface area contributed by atoms with Crippen molar-refractivity contribution in [1.29, 1.82) is 0 Å². The van der Waals surface area contributed by atoms with Crippen molar-refractivity contribution in [3.05, 3.63) is 23.9 Å². The lowest BCUT2D eigenvalue weighted by Gasteiger charge is -2.27. The van der Waals surface area contributed by atoms with Crippen LogP contribution in [-0.2, 0) is 0 Å². The van der Waals surface area contributed by atoms with Crippen molar-refractivity contribution in [3.8, 4) is 0 Å². The first-order valence-corrected chi connectivity index (χ1v) is 6.43. The Hall–Kier alpha value is -1.62. The maximum atomic E-state index is 12.5. The van der Waals surface area contributed by atoms with Crippen molar-refractivity contribution in [2.24, 2.45) is 5.84 Å². The molecule has 98 valence electrons. The zero-order chi connectivity index (χ0) is 13.1. The summed E-state index contributed by atoms with van der Waals surface area (Å²) >= 11 is 0. The minimum absolute atomic E-state index is 0.00366. The lowest BCUT2D eigenvalue weighted by molar-refractivity contribution is 0.0670. The van der Waals surface area contributed by atoms with Gasteiger partial charge in [0.05, 0.1) is 0 Å². The van der Waals surface area contributed by atoms with Crippen molar-refractivity contribution >= 4 is 11.7 Å². The number of hydrazine groups is 1. The van der Waals surface area contributed by atoms with Gasteiger partial charge in [0.15, 0.2) is 0 Å². The summed E-state index contributed by atoms with van der Waals surface area (Å²) in [5.74, 6) is 5.83. The van der Waals surface area contributed by atoms with Crippen LogP contribution in [-0.4, -0.2) is 27.9 Å². The topological polar surface area (TPSA) is 71.2 Å². The number of likely N-dealkylation sites (tertiary alicyclic amines) is 1. The molecule has 1 fully saturated rings. The minimum Gasteiger partial charge on any atom is -0.332 e.